The minimum absolute atomic E-state index is 0. The summed E-state index contributed by atoms with van der Waals surface area (Å²) in [4.78, 5) is 0. The molecule has 1 aliphatic rings. The maximum atomic E-state index is 2.40. The predicted molar refractivity (Wildman–Crippen MR) is 50.0 cm³/mol. The van der Waals surface area contributed by atoms with Gasteiger partial charge >= 0.3 is 0 Å². The molecule has 67 valence electrons. The summed E-state index contributed by atoms with van der Waals surface area (Å²) in [5, 5.41) is 0. The normalized spacial score (nSPS) is 19.9. The van der Waals surface area contributed by atoms with E-state index in [1.807, 2.05) is 27.7 Å². The molecule has 0 aromatic heterocycles. The minimum atomic E-state index is 0. The Morgan fingerprint density at radius 3 is 1.64 bits per heavy atom. The van der Waals surface area contributed by atoms with Crippen molar-refractivity contribution in [3.63, 3.8) is 0 Å². The third kappa shape index (κ3) is 14.0. The van der Waals surface area contributed by atoms with Gasteiger partial charge in [-0.1, -0.05) is 47.5 Å². The van der Waals surface area contributed by atoms with Gasteiger partial charge in [0.15, 0.2) is 0 Å². The second-order valence-corrected chi connectivity index (χ2v) is 2.14. The third-order valence-electron chi connectivity index (χ3n) is 1.43. The van der Waals surface area contributed by atoms with Crippen LogP contribution in [-0.2, 0) is 32.7 Å². The van der Waals surface area contributed by atoms with Crippen molar-refractivity contribution in [2.45, 2.75) is 53.9 Å². The Hall–Kier alpha value is 1.10. The van der Waals surface area contributed by atoms with Crippen LogP contribution in [-0.4, -0.2) is 0 Å². The van der Waals surface area contributed by atoms with Crippen LogP contribution in [0.3, 0.4) is 0 Å². The molecule has 0 bridgehead atoms. The second-order valence-electron chi connectivity index (χ2n) is 2.14. The standard InChI is InChI=1S/C6H11.2C2H6.Y/c1-6-4-2-3-5-6;2*1-2;/h4,6H,2-3,5H2,1H3;2*1-2H3;/q-1;;;. The molecule has 0 saturated heterocycles. The monoisotopic (exact) mass is 232 g/mol. The Kier molecular flexibility index (Phi) is 28.3. The van der Waals surface area contributed by atoms with E-state index in [0.29, 0.717) is 0 Å². The van der Waals surface area contributed by atoms with Gasteiger partial charge in [-0.05, 0) is 0 Å². The molecular weight excluding hydrogens is 209 g/mol. The average molecular weight is 232 g/mol. The predicted octanol–water partition coefficient (Wildman–Crippen LogP) is 4.06. The number of hydrogen-bond acceptors (Lipinski definition) is 0. The molecule has 0 heterocycles. The van der Waals surface area contributed by atoms with Crippen molar-refractivity contribution in [2.75, 3.05) is 0 Å². The Bertz CT molecular complexity index is 38.1. The van der Waals surface area contributed by atoms with Crippen LogP contribution in [0, 0.1) is 12.3 Å². The van der Waals surface area contributed by atoms with Gasteiger partial charge in [0.05, 0.1) is 0 Å². The van der Waals surface area contributed by atoms with Crippen LogP contribution in [0.15, 0.2) is 0 Å². The molecule has 0 amide bonds. The van der Waals surface area contributed by atoms with Gasteiger partial charge in [-0.2, -0.15) is 12.3 Å². The van der Waals surface area contributed by atoms with E-state index < -0.39 is 0 Å². The molecule has 11 heavy (non-hydrogen) atoms. The number of hydrogen-bond donors (Lipinski definition) is 0. The van der Waals surface area contributed by atoms with Crippen molar-refractivity contribution in [1.82, 2.24) is 0 Å². The van der Waals surface area contributed by atoms with Gasteiger partial charge in [-0.3, -0.25) is 0 Å². The Morgan fingerprint density at radius 1 is 1.09 bits per heavy atom. The topological polar surface area (TPSA) is 0 Å². The van der Waals surface area contributed by atoms with Crippen LogP contribution in [0.1, 0.15) is 53.9 Å². The van der Waals surface area contributed by atoms with Gasteiger partial charge in [-0.25, -0.2) is 0 Å². The molecule has 0 spiro atoms. The summed E-state index contributed by atoms with van der Waals surface area (Å²) in [6.07, 6.45) is 6.63. The van der Waals surface area contributed by atoms with Gasteiger partial charge in [0.1, 0.15) is 0 Å². The van der Waals surface area contributed by atoms with E-state index in [9.17, 15) is 0 Å². The van der Waals surface area contributed by atoms with Gasteiger partial charge < -0.3 is 6.42 Å². The van der Waals surface area contributed by atoms with Crippen LogP contribution >= 0.6 is 0 Å². The van der Waals surface area contributed by atoms with E-state index in [1.54, 1.807) is 0 Å². The van der Waals surface area contributed by atoms with Crippen LogP contribution in [0.4, 0.5) is 0 Å². The molecule has 1 aliphatic carbocycles. The van der Waals surface area contributed by atoms with E-state index in [-0.39, 0.29) is 32.7 Å². The fourth-order valence-corrected chi connectivity index (χ4v) is 0.960. The molecule has 1 fully saturated rings. The van der Waals surface area contributed by atoms with Crippen molar-refractivity contribution in [1.29, 1.82) is 0 Å². The molecule has 0 nitrogen and oxygen atoms in total. The molecule has 1 rings (SSSR count). The zero-order chi connectivity index (χ0) is 8.41. The van der Waals surface area contributed by atoms with E-state index in [4.69, 9.17) is 0 Å². The fourth-order valence-electron chi connectivity index (χ4n) is 0.960. The average Bonchev–Trinajstić information content (AvgIpc) is 2.48. The largest absolute Gasteiger partial charge is 0.326 e. The SMILES string of the molecule is CC.CC.CC1[CH-]CCC1.[Y]. The molecule has 0 aromatic rings. The van der Waals surface area contributed by atoms with E-state index in [2.05, 4.69) is 13.3 Å². The summed E-state index contributed by atoms with van der Waals surface area (Å²) in [6, 6.07) is 0. The Labute approximate surface area is 98.4 Å². The first-order valence-corrected chi connectivity index (χ1v) is 4.73. The Morgan fingerprint density at radius 2 is 1.55 bits per heavy atom. The molecule has 0 aromatic carbocycles. The summed E-state index contributed by atoms with van der Waals surface area (Å²) in [7, 11) is 0. The zero-order valence-corrected chi connectivity index (χ0v) is 11.7. The van der Waals surface area contributed by atoms with Crippen molar-refractivity contribution in [3.05, 3.63) is 6.42 Å². The molecule has 0 N–H and O–H groups in total. The third-order valence-corrected chi connectivity index (χ3v) is 1.43. The van der Waals surface area contributed by atoms with Gasteiger partial charge in [-0.15, -0.1) is 0 Å². The van der Waals surface area contributed by atoms with Gasteiger partial charge in [0.25, 0.3) is 0 Å². The summed E-state index contributed by atoms with van der Waals surface area (Å²) in [5.41, 5.74) is 0. The summed E-state index contributed by atoms with van der Waals surface area (Å²) in [5.74, 6) is 0.921. The molecule has 1 atom stereocenters. The van der Waals surface area contributed by atoms with Crippen LogP contribution in [0.25, 0.3) is 0 Å². The van der Waals surface area contributed by atoms with Gasteiger partial charge in [0.2, 0.25) is 0 Å². The first-order chi connectivity index (χ1) is 4.89. The van der Waals surface area contributed by atoms with Crippen LogP contribution in [0.5, 0.6) is 0 Å². The van der Waals surface area contributed by atoms with Crippen LogP contribution < -0.4 is 0 Å². The molecule has 1 heteroatoms. The Balaban J connectivity index is -0.000000114. The van der Waals surface area contributed by atoms with Crippen molar-refractivity contribution >= 4 is 0 Å². The molecule has 1 unspecified atom stereocenters. The minimum Gasteiger partial charge on any atom is -0.326 e. The summed E-state index contributed by atoms with van der Waals surface area (Å²) >= 11 is 0. The maximum Gasteiger partial charge on any atom is 0 e. The van der Waals surface area contributed by atoms with Crippen molar-refractivity contribution < 1.29 is 32.7 Å². The van der Waals surface area contributed by atoms with E-state index in [1.165, 1.54) is 19.3 Å². The first kappa shape index (κ1) is 18.0. The van der Waals surface area contributed by atoms with E-state index >= 15 is 0 Å². The molecule has 0 aliphatic heterocycles. The molecule has 1 radical (unpaired) electrons. The molecular formula is C10H23Y-. The molecule has 1 saturated carbocycles. The first-order valence-electron chi connectivity index (χ1n) is 4.73. The summed E-state index contributed by atoms with van der Waals surface area (Å²) in [6.45, 7) is 10.3. The quantitative estimate of drug-likeness (QED) is 0.552. The summed E-state index contributed by atoms with van der Waals surface area (Å²) < 4.78 is 0. The van der Waals surface area contributed by atoms with Crippen molar-refractivity contribution in [3.8, 4) is 0 Å². The fraction of sp³-hybridized carbons (Fsp3) is 0.900. The van der Waals surface area contributed by atoms with Crippen molar-refractivity contribution in [2.24, 2.45) is 5.92 Å². The van der Waals surface area contributed by atoms with Gasteiger partial charge in [0, 0.05) is 32.7 Å². The second kappa shape index (κ2) is 17.3. The van der Waals surface area contributed by atoms with Crippen LogP contribution in [0.2, 0.25) is 0 Å². The smallest absolute Gasteiger partial charge is 0 e. The zero-order valence-electron chi connectivity index (χ0n) is 8.85. The maximum absolute atomic E-state index is 2.40. The number of rotatable bonds is 0. The van der Waals surface area contributed by atoms with E-state index in [0.717, 1.165) is 5.92 Å².